The van der Waals surface area contributed by atoms with Gasteiger partial charge >= 0.3 is 0 Å². The molecule has 2 aromatic rings. The van der Waals surface area contributed by atoms with Crippen LogP contribution in [0.3, 0.4) is 0 Å². The van der Waals surface area contributed by atoms with Gasteiger partial charge in [0.15, 0.2) is 0 Å². The molecule has 1 heteroatoms. The normalized spacial score (nSPS) is 13.2. The standard InChI is InChI=1S/C14H13Br/c1-2-11-7-9-12(10-8-11)13-5-3-4-6-14(13)15/h3-10H,2H2,1H3/i2D2. The Bertz CT molecular complexity index is 512. The number of halogens is 1. The fraction of sp³-hybridized carbons (Fsp3) is 0.143. The lowest BCUT2D eigenvalue weighted by atomic mass is 10.0. The predicted octanol–water partition coefficient (Wildman–Crippen LogP) is 4.68. The van der Waals surface area contributed by atoms with E-state index in [1.807, 2.05) is 48.5 Å². The summed E-state index contributed by atoms with van der Waals surface area (Å²) in [6, 6.07) is 15.6. The van der Waals surface area contributed by atoms with Crippen molar-refractivity contribution in [3.63, 3.8) is 0 Å². The highest BCUT2D eigenvalue weighted by molar-refractivity contribution is 9.10. The highest BCUT2D eigenvalue weighted by Gasteiger charge is 2.00. The van der Waals surface area contributed by atoms with Crippen LogP contribution in [0.2, 0.25) is 0 Å². The zero-order chi connectivity index (χ0) is 12.5. The maximum atomic E-state index is 7.65. The van der Waals surface area contributed by atoms with Crippen LogP contribution in [0.1, 0.15) is 15.2 Å². The molecular weight excluding hydrogens is 248 g/mol. The van der Waals surface area contributed by atoms with Crippen LogP contribution >= 0.6 is 15.9 Å². The van der Waals surface area contributed by atoms with Gasteiger partial charge in [0.2, 0.25) is 0 Å². The third-order valence-electron chi connectivity index (χ3n) is 2.36. The summed E-state index contributed by atoms with van der Waals surface area (Å²) in [7, 11) is 0. The van der Waals surface area contributed by atoms with Crippen LogP contribution in [0.25, 0.3) is 11.1 Å². The van der Waals surface area contributed by atoms with Gasteiger partial charge in [-0.25, -0.2) is 0 Å². The average Bonchev–Trinajstić information content (AvgIpc) is 2.29. The molecule has 0 spiro atoms. The van der Waals surface area contributed by atoms with Crippen molar-refractivity contribution >= 4 is 15.9 Å². The lowest BCUT2D eigenvalue weighted by Gasteiger charge is -2.05. The Hall–Kier alpha value is -1.08. The van der Waals surface area contributed by atoms with E-state index in [0.29, 0.717) is 5.56 Å². The predicted molar refractivity (Wildman–Crippen MR) is 69.0 cm³/mol. The molecule has 0 bridgehead atoms. The van der Waals surface area contributed by atoms with Crippen LogP contribution in [0.5, 0.6) is 0 Å². The van der Waals surface area contributed by atoms with Gasteiger partial charge in [-0.2, -0.15) is 0 Å². The fourth-order valence-corrected chi connectivity index (χ4v) is 2.03. The highest BCUT2D eigenvalue weighted by Crippen LogP contribution is 2.27. The maximum Gasteiger partial charge on any atom is 0.0313 e. The lowest BCUT2D eigenvalue weighted by molar-refractivity contribution is 1.14. The van der Waals surface area contributed by atoms with Crippen LogP contribution in [-0.4, -0.2) is 0 Å². The van der Waals surface area contributed by atoms with Gasteiger partial charge in [-0.1, -0.05) is 65.3 Å². The summed E-state index contributed by atoms with van der Waals surface area (Å²) in [5.74, 6) is 0. The van der Waals surface area contributed by atoms with E-state index < -0.39 is 6.37 Å². The van der Waals surface area contributed by atoms with Gasteiger partial charge in [0.25, 0.3) is 0 Å². The van der Waals surface area contributed by atoms with Gasteiger partial charge in [-0.15, -0.1) is 0 Å². The smallest absolute Gasteiger partial charge is 0.0313 e. The molecule has 76 valence electrons. The first-order valence-corrected chi connectivity index (χ1v) is 5.63. The fourth-order valence-electron chi connectivity index (χ4n) is 1.51. The van der Waals surface area contributed by atoms with E-state index in [-0.39, 0.29) is 0 Å². The maximum absolute atomic E-state index is 7.65. The Kier molecular flexibility index (Phi) is 2.50. The Morgan fingerprint density at radius 1 is 1.07 bits per heavy atom. The molecule has 0 saturated carbocycles. The van der Waals surface area contributed by atoms with Crippen molar-refractivity contribution in [2.45, 2.75) is 13.3 Å². The van der Waals surface area contributed by atoms with E-state index in [2.05, 4.69) is 15.9 Å². The van der Waals surface area contributed by atoms with Gasteiger partial charge in [0, 0.05) is 7.21 Å². The summed E-state index contributed by atoms with van der Waals surface area (Å²) in [6.45, 7) is 1.57. The summed E-state index contributed by atoms with van der Waals surface area (Å²) >= 11 is 3.52. The summed E-state index contributed by atoms with van der Waals surface area (Å²) in [4.78, 5) is 0. The third kappa shape index (κ3) is 2.29. The largest absolute Gasteiger partial charge is 0.0616 e. The van der Waals surface area contributed by atoms with E-state index in [4.69, 9.17) is 2.74 Å². The van der Waals surface area contributed by atoms with E-state index >= 15 is 0 Å². The number of aryl methyl sites for hydroxylation is 1. The molecule has 2 rings (SSSR count). The molecule has 0 aliphatic carbocycles. The average molecular weight is 263 g/mol. The number of hydrogen-bond acceptors (Lipinski definition) is 0. The molecule has 2 aromatic carbocycles. The first-order valence-electron chi connectivity index (χ1n) is 5.84. The third-order valence-corrected chi connectivity index (χ3v) is 3.05. The van der Waals surface area contributed by atoms with E-state index in [1.54, 1.807) is 6.92 Å². The van der Waals surface area contributed by atoms with E-state index in [1.165, 1.54) is 0 Å². The molecular formula is C14H13Br. The zero-order valence-corrected chi connectivity index (χ0v) is 10.1. The SMILES string of the molecule is [2H]C([2H])(C)c1ccc(-c2ccccc2Br)cc1. The number of rotatable bonds is 2. The molecule has 0 radical (unpaired) electrons. The Morgan fingerprint density at radius 2 is 1.73 bits per heavy atom. The first kappa shape index (κ1) is 8.12. The van der Waals surface area contributed by atoms with Crippen LogP contribution in [0.15, 0.2) is 53.0 Å². The molecule has 0 aromatic heterocycles. The minimum absolute atomic E-state index is 0.702. The molecule has 0 aliphatic heterocycles. The van der Waals surface area contributed by atoms with E-state index in [9.17, 15) is 0 Å². The lowest BCUT2D eigenvalue weighted by Crippen LogP contribution is -1.82. The Balaban J connectivity index is 2.40. The molecule has 0 aliphatic rings. The second-order valence-electron chi connectivity index (χ2n) is 3.31. The molecule has 0 heterocycles. The minimum Gasteiger partial charge on any atom is -0.0616 e. The van der Waals surface area contributed by atoms with Crippen molar-refractivity contribution in [2.75, 3.05) is 0 Å². The topological polar surface area (TPSA) is 0 Å². The molecule has 0 fully saturated rings. The van der Waals surface area contributed by atoms with Gasteiger partial charge in [0.05, 0.1) is 0 Å². The molecule has 15 heavy (non-hydrogen) atoms. The van der Waals surface area contributed by atoms with Gasteiger partial charge in [0.1, 0.15) is 0 Å². The van der Waals surface area contributed by atoms with Crippen LogP contribution in [0.4, 0.5) is 0 Å². The quantitative estimate of drug-likeness (QED) is 0.738. The van der Waals surface area contributed by atoms with Crippen molar-refractivity contribution in [2.24, 2.45) is 0 Å². The number of hydrogen-bond donors (Lipinski definition) is 0. The van der Waals surface area contributed by atoms with Crippen molar-refractivity contribution in [3.8, 4) is 11.1 Å². The van der Waals surface area contributed by atoms with Crippen molar-refractivity contribution < 1.29 is 2.74 Å². The molecule has 0 atom stereocenters. The van der Waals surface area contributed by atoms with Gasteiger partial charge < -0.3 is 0 Å². The van der Waals surface area contributed by atoms with Gasteiger partial charge in [-0.05, 0) is 29.1 Å². The van der Waals surface area contributed by atoms with Crippen LogP contribution < -0.4 is 0 Å². The Labute approximate surface area is 102 Å². The molecule has 0 nitrogen and oxygen atoms in total. The van der Waals surface area contributed by atoms with Crippen LogP contribution in [-0.2, 0) is 6.37 Å². The molecule has 0 N–H and O–H groups in total. The van der Waals surface area contributed by atoms with Crippen molar-refractivity contribution in [1.82, 2.24) is 0 Å². The number of benzene rings is 2. The summed E-state index contributed by atoms with van der Waals surface area (Å²) in [5, 5.41) is 0. The molecule has 0 saturated heterocycles. The van der Waals surface area contributed by atoms with Gasteiger partial charge in [-0.3, -0.25) is 0 Å². The van der Waals surface area contributed by atoms with Crippen molar-refractivity contribution in [1.29, 1.82) is 0 Å². The summed E-state index contributed by atoms with van der Waals surface area (Å²) < 4.78 is 16.3. The monoisotopic (exact) mass is 262 g/mol. The van der Waals surface area contributed by atoms with Crippen molar-refractivity contribution in [3.05, 3.63) is 58.6 Å². The summed E-state index contributed by atoms with van der Waals surface area (Å²) in [6.07, 6.45) is -1.29. The van der Waals surface area contributed by atoms with E-state index in [0.717, 1.165) is 15.6 Å². The molecule has 0 amide bonds. The minimum atomic E-state index is -1.29. The highest BCUT2D eigenvalue weighted by atomic mass is 79.9. The Morgan fingerprint density at radius 3 is 2.33 bits per heavy atom. The zero-order valence-electron chi connectivity index (χ0n) is 10.5. The molecule has 0 unspecified atom stereocenters. The second-order valence-corrected chi connectivity index (χ2v) is 4.16. The second kappa shape index (κ2) is 4.63. The van der Waals surface area contributed by atoms with Crippen LogP contribution in [0, 0.1) is 0 Å². The summed E-state index contributed by atoms with van der Waals surface area (Å²) in [5.41, 5.74) is 2.91. The first-order chi connectivity index (χ1) is 7.98.